The van der Waals surface area contributed by atoms with Crippen molar-refractivity contribution in [2.75, 3.05) is 6.54 Å². The lowest BCUT2D eigenvalue weighted by Crippen LogP contribution is -2.39. The molecule has 0 aliphatic carbocycles. The Morgan fingerprint density at radius 1 is 1.25 bits per heavy atom. The maximum absolute atomic E-state index is 12.3. The van der Waals surface area contributed by atoms with Crippen molar-refractivity contribution in [1.82, 2.24) is 9.47 Å². The van der Waals surface area contributed by atoms with Gasteiger partial charge < -0.3 is 19.3 Å². The highest BCUT2D eigenvalue weighted by Gasteiger charge is 2.31. The Morgan fingerprint density at radius 3 is 2.50 bits per heavy atom. The Morgan fingerprint density at radius 2 is 1.92 bits per heavy atom. The molecule has 0 bridgehead atoms. The van der Waals surface area contributed by atoms with E-state index in [1.807, 2.05) is 49.9 Å². The standard InChI is InChI=1S/C17H20N2O4S/c1-17(2,3)23-16(22)19-9-6-11-12(10-19)24-14(13(11)15(20)21)18-7-4-5-8-18/h4-5,7-8H,6,9-10H2,1-3H3,(H,20,21). The Kier molecular flexibility index (Phi) is 4.13. The van der Waals surface area contributed by atoms with Crippen LogP contribution in [-0.4, -0.2) is 38.8 Å². The molecule has 1 aliphatic heterocycles. The van der Waals surface area contributed by atoms with Gasteiger partial charge in [-0.25, -0.2) is 9.59 Å². The van der Waals surface area contributed by atoms with Crippen molar-refractivity contribution in [2.45, 2.75) is 39.3 Å². The molecule has 0 aromatic carbocycles. The first-order chi connectivity index (χ1) is 11.3. The van der Waals surface area contributed by atoms with Gasteiger partial charge in [-0.1, -0.05) is 0 Å². The molecular formula is C17H20N2O4S. The highest BCUT2D eigenvalue weighted by atomic mass is 32.1. The molecule has 128 valence electrons. The van der Waals surface area contributed by atoms with Crippen molar-refractivity contribution < 1.29 is 19.4 Å². The molecule has 0 saturated carbocycles. The van der Waals surface area contributed by atoms with E-state index in [-0.39, 0.29) is 6.09 Å². The summed E-state index contributed by atoms with van der Waals surface area (Å²) in [6, 6.07) is 3.72. The van der Waals surface area contributed by atoms with Gasteiger partial charge in [0.1, 0.15) is 10.6 Å². The van der Waals surface area contributed by atoms with E-state index in [0.717, 1.165) is 10.4 Å². The molecule has 0 fully saturated rings. The van der Waals surface area contributed by atoms with Gasteiger partial charge in [0.15, 0.2) is 0 Å². The maximum Gasteiger partial charge on any atom is 0.410 e. The summed E-state index contributed by atoms with van der Waals surface area (Å²) in [4.78, 5) is 26.6. The number of aromatic carboxylic acids is 1. The van der Waals surface area contributed by atoms with Crippen molar-refractivity contribution in [3.8, 4) is 5.00 Å². The highest BCUT2D eigenvalue weighted by molar-refractivity contribution is 7.15. The van der Waals surface area contributed by atoms with Crippen molar-refractivity contribution in [3.63, 3.8) is 0 Å². The van der Waals surface area contributed by atoms with E-state index in [2.05, 4.69) is 0 Å². The summed E-state index contributed by atoms with van der Waals surface area (Å²) < 4.78 is 7.23. The third-order valence-corrected chi connectivity index (χ3v) is 4.97. The zero-order valence-corrected chi connectivity index (χ0v) is 14.7. The number of carboxylic acid groups (broad SMARTS) is 1. The van der Waals surface area contributed by atoms with Gasteiger partial charge in [-0.3, -0.25) is 0 Å². The van der Waals surface area contributed by atoms with E-state index >= 15 is 0 Å². The monoisotopic (exact) mass is 348 g/mol. The second-order valence-electron chi connectivity index (χ2n) is 6.73. The van der Waals surface area contributed by atoms with E-state index < -0.39 is 11.6 Å². The SMILES string of the molecule is CC(C)(C)OC(=O)N1CCc2c(sc(-n3cccc3)c2C(=O)O)C1. The molecule has 1 aliphatic rings. The van der Waals surface area contributed by atoms with Crippen LogP contribution in [0.1, 0.15) is 41.6 Å². The van der Waals surface area contributed by atoms with Crippen LogP contribution in [0.15, 0.2) is 24.5 Å². The lowest BCUT2D eigenvalue weighted by molar-refractivity contribution is 0.0226. The molecule has 24 heavy (non-hydrogen) atoms. The molecule has 7 heteroatoms. The molecular weight excluding hydrogens is 328 g/mol. The van der Waals surface area contributed by atoms with E-state index in [4.69, 9.17) is 4.74 Å². The predicted octanol–water partition coefficient (Wildman–Crippen LogP) is 3.53. The van der Waals surface area contributed by atoms with Crippen LogP contribution in [0.5, 0.6) is 0 Å². The minimum absolute atomic E-state index is 0.343. The largest absolute Gasteiger partial charge is 0.478 e. The summed E-state index contributed by atoms with van der Waals surface area (Å²) >= 11 is 1.42. The molecule has 1 N–H and O–H groups in total. The van der Waals surface area contributed by atoms with Crippen molar-refractivity contribution in [3.05, 3.63) is 40.5 Å². The number of hydrogen-bond donors (Lipinski definition) is 1. The fourth-order valence-electron chi connectivity index (χ4n) is 2.74. The Balaban J connectivity index is 1.91. The Hall–Kier alpha value is -2.28. The van der Waals surface area contributed by atoms with E-state index in [1.165, 1.54) is 11.3 Å². The molecule has 2 aromatic heterocycles. The van der Waals surface area contributed by atoms with Crippen LogP contribution in [0.2, 0.25) is 0 Å². The normalized spacial score (nSPS) is 14.4. The third kappa shape index (κ3) is 3.17. The third-order valence-electron chi connectivity index (χ3n) is 3.74. The van der Waals surface area contributed by atoms with Gasteiger partial charge in [0, 0.05) is 23.8 Å². The Labute approximate surface area is 144 Å². The number of carboxylic acids is 1. The van der Waals surface area contributed by atoms with Gasteiger partial charge in [-0.2, -0.15) is 0 Å². The van der Waals surface area contributed by atoms with E-state index in [9.17, 15) is 14.7 Å². The topological polar surface area (TPSA) is 71.8 Å². The molecule has 6 nitrogen and oxygen atoms in total. The predicted molar refractivity (Wildman–Crippen MR) is 91.0 cm³/mol. The average molecular weight is 348 g/mol. The van der Waals surface area contributed by atoms with Gasteiger partial charge in [0.05, 0.1) is 12.1 Å². The van der Waals surface area contributed by atoms with Crippen LogP contribution in [0, 0.1) is 0 Å². The molecule has 2 aromatic rings. The van der Waals surface area contributed by atoms with Gasteiger partial charge in [0.2, 0.25) is 0 Å². The molecule has 0 radical (unpaired) electrons. The van der Waals surface area contributed by atoms with Crippen LogP contribution in [0.3, 0.4) is 0 Å². The number of nitrogens with zero attached hydrogens (tertiary/aromatic N) is 2. The quantitative estimate of drug-likeness (QED) is 0.901. The first-order valence-corrected chi connectivity index (χ1v) is 8.57. The van der Waals surface area contributed by atoms with Crippen LogP contribution in [-0.2, 0) is 17.7 Å². The van der Waals surface area contributed by atoms with Gasteiger partial charge in [-0.15, -0.1) is 11.3 Å². The zero-order valence-electron chi connectivity index (χ0n) is 13.9. The highest BCUT2D eigenvalue weighted by Crippen LogP contribution is 2.36. The first kappa shape index (κ1) is 16.6. The number of carbonyl (C=O) groups excluding carboxylic acids is 1. The second-order valence-corrected chi connectivity index (χ2v) is 7.81. The molecule has 3 rings (SSSR count). The van der Waals surface area contributed by atoms with Crippen LogP contribution in [0.4, 0.5) is 4.79 Å². The van der Waals surface area contributed by atoms with Gasteiger partial charge in [-0.05, 0) is 44.9 Å². The summed E-state index contributed by atoms with van der Waals surface area (Å²) in [6.07, 6.45) is 3.82. The van der Waals surface area contributed by atoms with Gasteiger partial charge in [0.25, 0.3) is 0 Å². The zero-order chi connectivity index (χ0) is 17.5. The van der Waals surface area contributed by atoms with Crippen molar-refractivity contribution >= 4 is 23.4 Å². The summed E-state index contributed by atoms with van der Waals surface area (Å²) in [5.74, 6) is -0.929. The summed E-state index contributed by atoms with van der Waals surface area (Å²) in [7, 11) is 0. The second kappa shape index (κ2) is 5.98. The molecule has 1 amide bonds. The number of rotatable bonds is 2. The minimum atomic E-state index is -0.929. The first-order valence-electron chi connectivity index (χ1n) is 7.75. The van der Waals surface area contributed by atoms with E-state index in [1.54, 1.807) is 4.90 Å². The van der Waals surface area contributed by atoms with Crippen LogP contribution < -0.4 is 0 Å². The minimum Gasteiger partial charge on any atom is -0.478 e. The molecule has 0 saturated heterocycles. The number of aromatic nitrogens is 1. The smallest absolute Gasteiger partial charge is 0.410 e. The lowest BCUT2D eigenvalue weighted by Gasteiger charge is -2.30. The van der Waals surface area contributed by atoms with Crippen LogP contribution >= 0.6 is 11.3 Å². The number of amides is 1. The number of fused-ring (bicyclic) bond motifs is 1. The van der Waals surface area contributed by atoms with Gasteiger partial charge >= 0.3 is 12.1 Å². The van der Waals surface area contributed by atoms with Crippen molar-refractivity contribution in [1.29, 1.82) is 0 Å². The lowest BCUT2D eigenvalue weighted by atomic mass is 10.0. The molecule has 0 spiro atoms. The maximum atomic E-state index is 12.3. The summed E-state index contributed by atoms with van der Waals surface area (Å²) in [5, 5.41) is 10.3. The molecule has 0 atom stereocenters. The number of thiophene rings is 1. The Bertz CT molecular complexity index is 771. The van der Waals surface area contributed by atoms with Crippen molar-refractivity contribution in [2.24, 2.45) is 0 Å². The molecule has 3 heterocycles. The fraction of sp³-hybridized carbons (Fsp3) is 0.412. The fourth-order valence-corrected chi connectivity index (χ4v) is 4.06. The number of ether oxygens (including phenoxy) is 1. The van der Waals surface area contributed by atoms with Crippen LogP contribution in [0.25, 0.3) is 5.00 Å². The summed E-state index contributed by atoms with van der Waals surface area (Å²) in [6.45, 7) is 6.34. The number of carbonyl (C=O) groups is 2. The van der Waals surface area contributed by atoms with E-state index in [0.29, 0.717) is 30.1 Å². The average Bonchev–Trinajstić information content (AvgIpc) is 3.11. The molecule has 0 unspecified atom stereocenters. The number of hydrogen-bond acceptors (Lipinski definition) is 4. The summed E-state index contributed by atoms with van der Waals surface area (Å²) in [5.41, 5.74) is 0.626.